The van der Waals surface area contributed by atoms with Gasteiger partial charge in [0.2, 0.25) is 20.0 Å². The highest BCUT2D eigenvalue weighted by Crippen LogP contribution is 2.38. The van der Waals surface area contributed by atoms with E-state index in [0.717, 1.165) is 68.7 Å². The number of fused-ring (bicyclic) bond motifs is 2. The molecule has 2 atom stereocenters. The van der Waals surface area contributed by atoms with Crippen LogP contribution in [-0.2, 0) is 20.0 Å². The van der Waals surface area contributed by atoms with E-state index < -0.39 is 20.0 Å². The normalized spacial score (nSPS) is 20.3. The van der Waals surface area contributed by atoms with E-state index >= 15 is 0 Å². The number of halogens is 4. The first-order valence-electron chi connectivity index (χ1n) is 27.9. The molecule has 30 heteroatoms. The van der Waals surface area contributed by atoms with E-state index in [-0.39, 0.29) is 83.2 Å². The predicted octanol–water partition coefficient (Wildman–Crippen LogP) is 5.37. The van der Waals surface area contributed by atoms with Gasteiger partial charge in [0.1, 0.15) is 22.6 Å². The van der Waals surface area contributed by atoms with E-state index in [2.05, 4.69) is 29.5 Å². The number of aromatic nitrogens is 6. The number of nitrogens with one attached hydrogen (secondary N) is 3. The number of hydrogen-bond donors (Lipinski definition) is 7. The molecule has 6 aliphatic heterocycles. The topological polar surface area (TPSA) is 296 Å². The van der Waals surface area contributed by atoms with Crippen molar-refractivity contribution in [3.05, 3.63) is 98.4 Å². The van der Waals surface area contributed by atoms with Crippen LogP contribution in [0, 0.1) is 0 Å². The Hall–Kier alpha value is -5.52. The highest BCUT2D eigenvalue weighted by atomic mass is 35.5. The molecular weight excluding hydrogens is 1210 g/mol. The number of anilines is 5. The second-order valence-electron chi connectivity index (χ2n) is 22.0. The molecule has 0 aliphatic carbocycles. The first-order valence-corrected chi connectivity index (χ1v) is 32.8. The van der Waals surface area contributed by atoms with E-state index in [1.54, 1.807) is 31.0 Å². The van der Waals surface area contributed by atoms with Crippen LogP contribution in [-0.4, -0.2) is 190 Å². The standard InChI is InChI=1S/C27H34ClN7O5S.C24H28Cl2N6O4S.C3H7NO.ClH/c1-41(39,40)31-21-6-5-17(28)12-20(21)27(38)34-9-3-2-4-23(34)22-13-25-29-24(33-15-19(37)16-33)14-26(35(25)30-22)32-10-7-18(36)8-11-32;1-37(35,36)29-18-6-5-15(25)12-17(18)24(34)31-9-3-2-4-20(31)19-13-22-27-21(26)14-23(32(22)28-19)30-10-7-16(33)8-11-30;5-3-1-4-2-3;/h5-6,12-14,18-19,23,31,36-37H,2-4,7-11,15-16H2,1H3;5-6,12-14,16,20,29,33H,2-4,7-11H2,1H3;3-5H,1-2H2;1H/t23-;20-;;/m00../s1. The summed E-state index contributed by atoms with van der Waals surface area (Å²) in [5.41, 5.74) is 3.32. The van der Waals surface area contributed by atoms with Gasteiger partial charge in [0, 0.05) is 99.8 Å². The number of likely N-dealkylation sites (tertiary alicyclic amines) is 2. The zero-order valence-corrected chi connectivity index (χ0v) is 51.1. The molecule has 456 valence electrons. The number of piperidine rings is 4. The molecule has 24 nitrogen and oxygen atoms in total. The molecule has 0 unspecified atom stereocenters. The summed E-state index contributed by atoms with van der Waals surface area (Å²) in [6.45, 7) is 6.28. The second kappa shape index (κ2) is 26.6. The first-order chi connectivity index (χ1) is 39.5. The number of hydrogen-bond acceptors (Lipinski definition) is 18. The summed E-state index contributed by atoms with van der Waals surface area (Å²) in [6, 6.07) is 15.9. The minimum atomic E-state index is -3.62. The number of benzene rings is 2. The second-order valence-corrected chi connectivity index (χ2v) is 26.8. The molecule has 2 aromatic carbocycles. The third-order valence-electron chi connectivity index (χ3n) is 15.6. The third-order valence-corrected chi connectivity index (χ3v) is 17.4. The van der Waals surface area contributed by atoms with Crippen molar-refractivity contribution in [3.8, 4) is 0 Å². The average molecular weight is 1280 g/mol. The molecule has 10 heterocycles. The molecule has 0 radical (unpaired) electrons. The van der Waals surface area contributed by atoms with Crippen LogP contribution in [0.15, 0.2) is 60.7 Å². The van der Waals surface area contributed by atoms with Gasteiger partial charge in [-0.25, -0.2) is 26.8 Å². The van der Waals surface area contributed by atoms with Crippen LogP contribution in [0.2, 0.25) is 15.2 Å². The predicted molar refractivity (Wildman–Crippen MR) is 325 cm³/mol. The lowest BCUT2D eigenvalue weighted by atomic mass is 9.98. The van der Waals surface area contributed by atoms with Crippen molar-refractivity contribution in [2.45, 2.75) is 101 Å². The summed E-state index contributed by atoms with van der Waals surface area (Å²) in [6.07, 6.45) is 8.49. The molecule has 6 saturated heterocycles. The van der Waals surface area contributed by atoms with Gasteiger partial charge >= 0.3 is 0 Å². The molecule has 12 rings (SSSR count). The fourth-order valence-corrected chi connectivity index (χ4v) is 12.9. The van der Waals surface area contributed by atoms with E-state index in [9.17, 15) is 41.7 Å². The number of β-amino-alcohol motifs (C(OH)–C–C–N with tert-alkyl or cyclic N) is 2. The Morgan fingerprint density at radius 3 is 1.38 bits per heavy atom. The van der Waals surface area contributed by atoms with Crippen LogP contribution in [0.25, 0.3) is 11.3 Å². The van der Waals surface area contributed by atoms with Crippen LogP contribution in [0.5, 0.6) is 0 Å². The molecule has 2 amide bonds. The highest BCUT2D eigenvalue weighted by molar-refractivity contribution is 7.92. The van der Waals surface area contributed by atoms with Gasteiger partial charge in [0.25, 0.3) is 11.8 Å². The Kier molecular flexibility index (Phi) is 20.0. The van der Waals surface area contributed by atoms with Crippen LogP contribution < -0.4 is 29.5 Å². The maximum Gasteiger partial charge on any atom is 0.256 e. The number of nitrogens with zero attached hydrogens (tertiary/aromatic N) is 11. The maximum absolute atomic E-state index is 13.9. The number of amides is 2. The van der Waals surface area contributed by atoms with Gasteiger partial charge in [0.15, 0.2) is 11.3 Å². The molecule has 0 spiro atoms. The number of rotatable bonds is 11. The van der Waals surface area contributed by atoms with Crippen molar-refractivity contribution >= 4 is 119 Å². The maximum atomic E-state index is 13.9. The largest absolute Gasteiger partial charge is 0.393 e. The number of carbonyl (C=O) groups excluding carboxylic acids is 2. The lowest BCUT2D eigenvalue weighted by Crippen LogP contribution is -2.51. The zero-order valence-electron chi connectivity index (χ0n) is 46.4. The zero-order chi connectivity index (χ0) is 58.9. The summed E-state index contributed by atoms with van der Waals surface area (Å²) in [7, 11) is -7.22. The fraction of sp³-hybridized carbons (Fsp3) is 0.519. The summed E-state index contributed by atoms with van der Waals surface area (Å²) in [4.78, 5) is 46.8. The summed E-state index contributed by atoms with van der Waals surface area (Å²) < 4.78 is 56.2. The quantitative estimate of drug-likeness (QED) is 0.0802. The van der Waals surface area contributed by atoms with Crippen LogP contribution >= 0.6 is 47.2 Å². The number of aliphatic hydroxyl groups excluding tert-OH is 4. The average Bonchev–Trinajstić information content (AvgIpc) is 2.04. The molecule has 84 heavy (non-hydrogen) atoms. The molecule has 0 bridgehead atoms. The Balaban J connectivity index is 0.000000184. The summed E-state index contributed by atoms with van der Waals surface area (Å²) in [5, 5.41) is 52.0. The monoisotopic (exact) mass is 1280 g/mol. The van der Waals surface area contributed by atoms with Gasteiger partial charge < -0.3 is 50.2 Å². The minimum Gasteiger partial charge on any atom is -0.393 e. The lowest BCUT2D eigenvalue weighted by Gasteiger charge is -2.38. The van der Waals surface area contributed by atoms with Gasteiger partial charge in [0.05, 0.1) is 82.9 Å². The molecule has 6 aliphatic rings. The van der Waals surface area contributed by atoms with Crippen LogP contribution in [0.3, 0.4) is 0 Å². The SMILES string of the molecule is CS(=O)(=O)Nc1ccc(Cl)cc1C(=O)N1CCCC[C@H]1c1cc2nc(Cl)cc(N3CCC(O)CC3)n2n1.CS(=O)(=O)Nc1ccc(Cl)cc1C(=O)N1CCCC[C@H]1c1cc2nc(N3CC(O)C3)cc(N3CCC(O)CC3)n2n1.Cl.OC1CNC1. The number of sulfonamides is 2. The molecule has 4 aromatic heterocycles. The molecule has 6 aromatic rings. The summed E-state index contributed by atoms with van der Waals surface area (Å²) in [5.74, 6) is 1.74. The van der Waals surface area contributed by atoms with Gasteiger partial charge in [-0.15, -0.1) is 12.4 Å². The van der Waals surface area contributed by atoms with Crippen molar-refractivity contribution in [2.75, 3.05) is 102 Å². The van der Waals surface area contributed by atoms with E-state index in [1.165, 1.54) is 30.3 Å². The Morgan fingerprint density at radius 2 is 0.976 bits per heavy atom. The molecule has 6 fully saturated rings. The third kappa shape index (κ3) is 15.0. The van der Waals surface area contributed by atoms with Crippen LogP contribution in [0.1, 0.15) is 108 Å². The smallest absolute Gasteiger partial charge is 0.256 e. The summed E-state index contributed by atoms with van der Waals surface area (Å²) >= 11 is 18.8. The lowest BCUT2D eigenvalue weighted by molar-refractivity contribution is 0.0600. The minimum absolute atomic E-state index is 0. The van der Waals surface area contributed by atoms with Crippen molar-refractivity contribution in [2.24, 2.45) is 0 Å². The molecule has 0 saturated carbocycles. The van der Waals surface area contributed by atoms with Crippen LogP contribution in [0.4, 0.5) is 28.8 Å². The van der Waals surface area contributed by atoms with Crippen molar-refractivity contribution < 1.29 is 46.9 Å². The van der Waals surface area contributed by atoms with Crippen molar-refractivity contribution in [1.29, 1.82) is 0 Å². The Bertz CT molecular complexity index is 3580. The van der Waals surface area contributed by atoms with Crippen molar-refractivity contribution in [3.63, 3.8) is 0 Å². The van der Waals surface area contributed by atoms with Gasteiger partial charge in [-0.1, -0.05) is 34.8 Å². The molecule has 7 N–H and O–H groups in total. The first kappa shape index (κ1) is 63.0. The van der Waals surface area contributed by atoms with Gasteiger partial charge in [-0.05, 0) is 101 Å². The Labute approximate surface area is 508 Å². The fourth-order valence-electron chi connectivity index (χ4n) is 11.2. The number of carbonyl (C=O) groups is 2. The Morgan fingerprint density at radius 1 is 0.548 bits per heavy atom. The van der Waals surface area contributed by atoms with Gasteiger partial charge in [-0.3, -0.25) is 19.0 Å². The van der Waals surface area contributed by atoms with Gasteiger partial charge in [-0.2, -0.15) is 19.2 Å². The van der Waals surface area contributed by atoms with Crippen molar-refractivity contribution in [1.82, 2.24) is 44.3 Å². The van der Waals surface area contributed by atoms with E-state index in [0.29, 0.717) is 129 Å². The molecular formula is C54H70Cl4N14O10S2. The number of aliphatic hydroxyl groups is 4. The van der Waals surface area contributed by atoms with E-state index in [1.807, 2.05) is 23.1 Å². The van der Waals surface area contributed by atoms with E-state index in [4.69, 9.17) is 55.1 Å². The highest BCUT2D eigenvalue weighted by Gasteiger charge is 2.36.